The van der Waals surface area contributed by atoms with Crippen molar-refractivity contribution >= 4 is 11.8 Å². The van der Waals surface area contributed by atoms with Gasteiger partial charge in [0.1, 0.15) is 12.4 Å². The Bertz CT molecular complexity index is 665. The van der Waals surface area contributed by atoms with E-state index in [4.69, 9.17) is 9.47 Å². The largest absolute Gasteiger partial charge is 0.491 e. The van der Waals surface area contributed by atoms with Gasteiger partial charge in [0.2, 0.25) is 5.91 Å². The van der Waals surface area contributed by atoms with Gasteiger partial charge in [0.15, 0.2) is 0 Å². The van der Waals surface area contributed by atoms with Crippen LogP contribution in [0, 0.1) is 5.92 Å². The van der Waals surface area contributed by atoms with Gasteiger partial charge >= 0.3 is 0 Å². The summed E-state index contributed by atoms with van der Waals surface area (Å²) in [5, 5.41) is 0. The first-order chi connectivity index (χ1) is 13.2. The molecule has 27 heavy (non-hydrogen) atoms. The predicted octanol–water partition coefficient (Wildman–Crippen LogP) is 2.33. The third kappa shape index (κ3) is 4.10. The molecule has 2 saturated heterocycles. The van der Waals surface area contributed by atoms with Crippen LogP contribution >= 0.6 is 0 Å². The third-order valence-corrected chi connectivity index (χ3v) is 5.96. The Hall–Kier alpha value is -2.08. The second kappa shape index (κ2) is 8.30. The lowest BCUT2D eigenvalue weighted by Crippen LogP contribution is -2.44. The number of nitrogens with zero attached hydrogens (tertiary/aromatic N) is 2. The van der Waals surface area contributed by atoms with Crippen LogP contribution in [-0.4, -0.2) is 67.1 Å². The number of rotatable bonds is 5. The molecule has 3 fully saturated rings. The molecule has 6 nitrogen and oxygen atoms in total. The Balaban J connectivity index is 1.30. The van der Waals surface area contributed by atoms with Gasteiger partial charge in [-0.25, -0.2) is 0 Å². The first-order valence-electron chi connectivity index (χ1n) is 10.1. The molecule has 1 atom stereocenters. The van der Waals surface area contributed by atoms with Crippen molar-refractivity contribution in [2.24, 2.45) is 5.92 Å². The number of carbonyl (C=O) groups is 2. The van der Waals surface area contributed by atoms with Crippen molar-refractivity contribution in [1.82, 2.24) is 9.80 Å². The van der Waals surface area contributed by atoms with Crippen LogP contribution < -0.4 is 4.74 Å². The summed E-state index contributed by atoms with van der Waals surface area (Å²) in [5.41, 5.74) is 0.673. The van der Waals surface area contributed by atoms with Crippen LogP contribution in [0.1, 0.15) is 42.5 Å². The van der Waals surface area contributed by atoms with E-state index in [0.29, 0.717) is 44.4 Å². The monoisotopic (exact) mass is 372 g/mol. The quantitative estimate of drug-likeness (QED) is 0.796. The molecule has 0 radical (unpaired) electrons. The summed E-state index contributed by atoms with van der Waals surface area (Å²) in [6.45, 7) is 3.87. The van der Waals surface area contributed by atoms with Gasteiger partial charge < -0.3 is 19.3 Å². The highest BCUT2D eigenvalue weighted by atomic mass is 16.5. The molecule has 2 amide bonds. The maximum atomic E-state index is 12.5. The number of amides is 2. The number of hydrogen-bond acceptors (Lipinski definition) is 4. The minimum Gasteiger partial charge on any atom is -0.491 e. The van der Waals surface area contributed by atoms with Gasteiger partial charge in [0, 0.05) is 31.1 Å². The highest BCUT2D eigenvalue weighted by Crippen LogP contribution is 2.31. The third-order valence-electron chi connectivity index (χ3n) is 5.96. The van der Waals surface area contributed by atoms with Gasteiger partial charge in [-0.3, -0.25) is 9.59 Å². The fourth-order valence-corrected chi connectivity index (χ4v) is 4.02. The number of benzene rings is 1. The van der Waals surface area contributed by atoms with E-state index in [1.807, 2.05) is 34.1 Å². The van der Waals surface area contributed by atoms with Crippen LogP contribution in [0.2, 0.25) is 0 Å². The van der Waals surface area contributed by atoms with Crippen molar-refractivity contribution in [3.63, 3.8) is 0 Å². The van der Waals surface area contributed by atoms with Crippen LogP contribution in [-0.2, 0) is 9.53 Å². The molecule has 0 N–H and O–H groups in total. The van der Waals surface area contributed by atoms with Crippen molar-refractivity contribution in [2.75, 3.05) is 39.5 Å². The average Bonchev–Trinajstić information content (AvgIpc) is 3.14. The molecule has 2 heterocycles. The summed E-state index contributed by atoms with van der Waals surface area (Å²) in [6, 6.07) is 7.51. The summed E-state index contributed by atoms with van der Waals surface area (Å²) in [4.78, 5) is 28.9. The van der Waals surface area contributed by atoms with E-state index in [0.717, 1.165) is 38.0 Å². The van der Waals surface area contributed by atoms with Crippen molar-refractivity contribution < 1.29 is 19.1 Å². The Morgan fingerprint density at radius 3 is 2.41 bits per heavy atom. The summed E-state index contributed by atoms with van der Waals surface area (Å²) in [7, 11) is 0. The lowest BCUT2D eigenvalue weighted by atomic mass is 9.84. The van der Waals surface area contributed by atoms with Crippen molar-refractivity contribution in [1.29, 1.82) is 0 Å². The minimum absolute atomic E-state index is 0.0397. The molecular formula is C21H28N2O4. The smallest absolute Gasteiger partial charge is 0.254 e. The fraction of sp³-hybridized carbons (Fsp3) is 0.619. The van der Waals surface area contributed by atoms with Gasteiger partial charge in [-0.15, -0.1) is 0 Å². The fourth-order valence-electron chi connectivity index (χ4n) is 4.02. The van der Waals surface area contributed by atoms with Crippen molar-refractivity contribution in [2.45, 2.75) is 38.1 Å². The van der Waals surface area contributed by atoms with E-state index >= 15 is 0 Å². The van der Waals surface area contributed by atoms with E-state index in [9.17, 15) is 9.59 Å². The molecule has 2 aliphatic heterocycles. The molecule has 0 unspecified atom stereocenters. The molecule has 1 aromatic carbocycles. The minimum atomic E-state index is 0.0397. The summed E-state index contributed by atoms with van der Waals surface area (Å²) >= 11 is 0. The number of ether oxygens (including phenoxy) is 2. The van der Waals surface area contributed by atoms with Crippen LogP contribution in [0.15, 0.2) is 24.3 Å². The van der Waals surface area contributed by atoms with Crippen molar-refractivity contribution in [3.05, 3.63) is 29.8 Å². The van der Waals surface area contributed by atoms with Gasteiger partial charge in [0.25, 0.3) is 5.91 Å². The summed E-state index contributed by atoms with van der Waals surface area (Å²) in [5.74, 6) is 1.35. The van der Waals surface area contributed by atoms with Gasteiger partial charge in [-0.1, -0.05) is 6.42 Å². The summed E-state index contributed by atoms with van der Waals surface area (Å²) in [6.07, 6.45) is 5.33. The average molecular weight is 372 g/mol. The number of likely N-dealkylation sites (tertiary alicyclic amines) is 1. The zero-order valence-corrected chi connectivity index (χ0v) is 15.8. The number of hydrogen-bond donors (Lipinski definition) is 0. The molecule has 0 spiro atoms. The molecular weight excluding hydrogens is 344 g/mol. The molecule has 4 rings (SSSR count). The van der Waals surface area contributed by atoms with Crippen LogP contribution in [0.4, 0.5) is 0 Å². The highest BCUT2D eigenvalue weighted by Gasteiger charge is 2.35. The maximum Gasteiger partial charge on any atom is 0.254 e. The summed E-state index contributed by atoms with van der Waals surface area (Å²) < 4.78 is 11.2. The molecule has 1 aliphatic carbocycles. The van der Waals surface area contributed by atoms with Gasteiger partial charge in [-0.2, -0.15) is 0 Å². The van der Waals surface area contributed by atoms with E-state index in [2.05, 4.69) is 0 Å². The molecule has 1 aromatic rings. The molecule has 146 valence electrons. The molecule has 0 aromatic heterocycles. The molecule has 6 heteroatoms. The van der Waals surface area contributed by atoms with E-state index in [1.165, 1.54) is 6.42 Å². The lowest BCUT2D eigenvalue weighted by Gasteiger charge is -2.32. The Kier molecular flexibility index (Phi) is 5.62. The Morgan fingerprint density at radius 2 is 1.74 bits per heavy atom. The van der Waals surface area contributed by atoms with Gasteiger partial charge in [-0.05, 0) is 49.9 Å². The molecule has 0 bridgehead atoms. The topological polar surface area (TPSA) is 59.1 Å². The molecule has 1 saturated carbocycles. The first-order valence-corrected chi connectivity index (χ1v) is 10.1. The molecule has 3 aliphatic rings. The van der Waals surface area contributed by atoms with E-state index in [1.54, 1.807) is 0 Å². The number of carbonyl (C=O) groups excluding carboxylic acids is 2. The zero-order chi connectivity index (χ0) is 18.6. The van der Waals surface area contributed by atoms with Crippen LogP contribution in [0.5, 0.6) is 5.75 Å². The second-order valence-corrected chi connectivity index (χ2v) is 7.70. The lowest BCUT2D eigenvalue weighted by molar-refractivity contribution is -0.139. The normalized spacial score (nSPS) is 23.2. The Labute approximate surface area is 160 Å². The SMILES string of the molecule is O=C(c1ccc(OC[C@@H]2CCCN2C(=O)C2CCC2)cc1)N1CCOCC1. The predicted molar refractivity (Wildman–Crippen MR) is 101 cm³/mol. The van der Waals surface area contributed by atoms with Gasteiger partial charge in [0.05, 0.1) is 19.3 Å². The second-order valence-electron chi connectivity index (χ2n) is 7.70. The zero-order valence-electron chi connectivity index (χ0n) is 15.8. The Morgan fingerprint density at radius 1 is 1.00 bits per heavy atom. The number of morpholine rings is 1. The highest BCUT2D eigenvalue weighted by molar-refractivity contribution is 5.94. The first kappa shape index (κ1) is 18.3. The van der Waals surface area contributed by atoms with Crippen LogP contribution in [0.25, 0.3) is 0 Å². The van der Waals surface area contributed by atoms with E-state index < -0.39 is 0 Å². The standard InChI is InChI=1S/C21H28N2O4/c24-20(22-11-13-26-14-12-22)17-6-8-19(9-7-17)27-15-18-5-2-10-23(18)21(25)16-3-1-4-16/h6-9,16,18H,1-5,10-15H2/t18-/m0/s1. The van der Waals surface area contributed by atoms with Crippen molar-refractivity contribution in [3.8, 4) is 5.75 Å². The maximum absolute atomic E-state index is 12.5. The van der Waals surface area contributed by atoms with E-state index in [-0.39, 0.29) is 17.9 Å². The van der Waals surface area contributed by atoms with Crippen LogP contribution in [0.3, 0.4) is 0 Å².